The van der Waals surface area contributed by atoms with Crippen LogP contribution >= 0.6 is 35.2 Å². The molecule has 2 aromatic rings. The maximum Gasteiger partial charge on any atom is 0.173 e. The van der Waals surface area contributed by atoms with Gasteiger partial charge in [0.05, 0.1) is 6.54 Å². The fraction of sp³-hybridized carbons (Fsp3) is 0.353. The van der Waals surface area contributed by atoms with Gasteiger partial charge in [-0.15, -0.1) is 11.3 Å². The highest BCUT2D eigenvalue weighted by Gasteiger charge is 2.13. The Labute approximate surface area is 152 Å². The molecule has 1 N–H and O–H groups in total. The monoisotopic (exact) mass is 367 g/mol. The second-order valence-corrected chi connectivity index (χ2v) is 7.47. The first-order chi connectivity index (χ1) is 11.0. The quantitative estimate of drug-likeness (QED) is 0.759. The van der Waals surface area contributed by atoms with Crippen molar-refractivity contribution < 1.29 is 0 Å². The Hall–Kier alpha value is -1.14. The van der Waals surface area contributed by atoms with Crippen LogP contribution in [-0.4, -0.2) is 42.1 Å². The number of rotatable bonds is 6. The number of hydrogen-bond donors (Lipinski definition) is 1. The number of halogens is 1. The van der Waals surface area contributed by atoms with Gasteiger partial charge in [0, 0.05) is 28.7 Å². The summed E-state index contributed by atoms with van der Waals surface area (Å²) in [6, 6.07) is 10.0. The number of benzene rings is 1. The van der Waals surface area contributed by atoms with Crippen molar-refractivity contribution in [1.29, 1.82) is 0 Å². The molecule has 0 aliphatic carbocycles. The van der Waals surface area contributed by atoms with E-state index in [9.17, 15) is 0 Å². The zero-order valence-corrected chi connectivity index (χ0v) is 16.1. The second kappa shape index (κ2) is 8.64. The molecule has 124 valence electrons. The van der Waals surface area contributed by atoms with Crippen molar-refractivity contribution >= 4 is 46.0 Å². The van der Waals surface area contributed by atoms with Crippen LogP contribution in [0.1, 0.15) is 10.4 Å². The molecule has 3 nitrogen and oxygen atoms in total. The van der Waals surface area contributed by atoms with Crippen LogP contribution in [0.5, 0.6) is 0 Å². The van der Waals surface area contributed by atoms with Crippen LogP contribution in [0.15, 0.2) is 35.7 Å². The van der Waals surface area contributed by atoms with Crippen molar-refractivity contribution in [2.45, 2.75) is 13.5 Å². The first-order valence-corrected chi connectivity index (χ1v) is 9.12. The standard InChI is InChI=1S/C17H22ClN3S2/c1-13-15(18)7-4-8-16(13)19-17(22)21(10-9-20(2)3)12-14-6-5-11-23-14/h4-8,11H,9-10,12H2,1-3H3,(H,19,22). The highest BCUT2D eigenvalue weighted by atomic mass is 35.5. The topological polar surface area (TPSA) is 18.5 Å². The van der Waals surface area contributed by atoms with Gasteiger partial charge < -0.3 is 15.1 Å². The number of nitrogens with zero attached hydrogens (tertiary/aromatic N) is 2. The minimum Gasteiger partial charge on any atom is -0.343 e. The van der Waals surface area contributed by atoms with Crippen LogP contribution in [0.2, 0.25) is 5.02 Å². The zero-order valence-electron chi connectivity index (χ0n) is 13.7. The zero-order chi connectivity index (χ0) is 16.8. The second-order valence-electron chi connectivity index (χ2n) is 5.65. The number of likely N-dealkylation sites (N-methyl/N-ethyl adjacent to an activating group) is 1. The van der Waals surface area contributed by atoms with Gasteiger partial charge >= 0.3 is 0 Å². The third-order valence-electron chi connectivity index (χ3n) is 3.54. The Morgan fingerprint density at radius 2 is 2.00 bits per heavy atom. The summed E-state index contributed by atoms with van der Waals surface area (Å²) < 4.78 is 0. The van der Waals surface area contributed by atoms with Gasteiger partial charge in [0.1, 0.15) is 0 Å². The van der Waals surface area contributed by atoms with E-state index in [1.165, 1.54) is 4.88 Å². The first kappa shape index (κ1) is 18.2. The van der Waals surface area contributed by atoms with E-state index in [4.69, 9.17) is 23.8 Å². The predicted molar refractivity (Wildman–Crippen MR) is 106 cm³/mol. The largest absolute Gasteiger partial charge is 0.343 e. The molecule has 2 rings (SSSR count). The molecular weight excluding hydrogens is 346 g/mol. The fourth-order valence-corrected chi connectivity index (χ4v) is 3.26. The van der Waals surface area contributed by atoms with Crippen molar-refractivity contribution in [3.8, 4) is 0 Å². The van der Waals surface area contributed by atoms with Crippen LogP contribution in [-0.2, 0) is 6.54 Å². The van der Waals surface area contributed by atoms with E-state index in [0.717, 1.165) is 41.0 Å². The molecule has 0 aliphatic rings. The van der Waals surface area contributed by atoms with Crippen LogP contribution < -0.4 is 5.32 Å². The lowest BCUT2D eigenvalue weighted by atomic mass is 10.2. The van der Waals surface area contributed by atoms with Gasteiger partial charge in [-0.05, 0) is 62.4 Å². The third kappa shape index (κ3) is 5.46. The van der Waals surface area contributed by atoms with Gasteiger partial charge in [-0.3, -0.25) is 0 Å². The van der Waals surface area contributed by atoms with Crippen LogP contribution in [0.4, 0.5) is 5.69 Å². The van der Waals surface area contributed by atoms with E-state index in [-0.39, 0.29) is 0 Å². The molecule has 0 aliphatic heterocycles. The third-order valence-corrected chi connectivity index (χ3v) is 5.17. The number of thiophene rings is 1. The molecule has 0 atom stereocenters. The van der Waals surface area contributed by atoms with E-state index in [1.54, 1.807) is 11.3 Å². The SMILES string of the molecule is Cc1c(Cl)cccc1NC(=S)N(CCN(C)C)Cc1cccs1. The molecule has 0 saturated carbocycles. The van der Waals surface area contributed by atoms with E-state index >= 15 is 0 Å². The van der Waals surface area contributed by atoms with Crippen LogP contribution in [0.25, 0.3) is 0 Å². The average molecular weight is 368 g/mol. The average Bonchev–Trinajstić information content (AvgIpc) is 3.01. The molecule has 1 aromatic heterocycles. The molecule has 0 spiro atoms. The molecule has 1 heterocycles. The normalized spacial score (nSPS) is 10.8. The predicted octanol–water partition coefficient (Wildman–Crippen LogP) is 4.47. The summed E-state index contributed by atoms with van der Waals surface area (Å²) in [5.41, 5.74) is 1.98. The van der Waals surface area contributed by atoms with Gasteiger partial charge in [-0.25, -0.2) is 0 Å². The lowest BCUT2D eigenvalue weighted by molar-refractivity contribution is 0.329. The number of thiocarbonyl (C=S) groups is 1. The fourth-order valence-electron chi connectivity index (χ4n) is 2.10. The van der Waals surface area contributed by atoms with E-state index < -0.39 is 0 Å². The highest BCUT2D eigenvalue weighted by Crippen LogP contribution is 2.23. The van der Waals surface area contributed by atoms with Crippen molar-refractivity contribution in [2.75, 3.05) is 32.5 Å². The Balaban J connectivity index is 2.10. The van der Waals surface area contributed by atoms with Gasteiger partial charge in [-0.2, -0.15) is 0 Å². The minimum absolute atomic E-state index is 0.727. The first-order valence-electron chi connectivity index (χ1n) is 7.45. The van der Waals surface area contributed by atoms with Crippen molar-refractivity contribution in [1.82, 2.24) is 9.80 Å². The summed E-state index contributed by atoms with van der Waals surface area (Å²) >= 11 is 13.6. The Morgan fingerprint density at radius 1 is 1.22 bits per heavy atom. The number of nitrogens with one attached hydrogen (secondary N) is 1. The van der Waals surface area contributed by atoms with Gasteiger partial charge in [0.15, 0.2) is 5.11 Å². The molecule has 0 saturated heterocycles. The summed E-state index contributed by atoms with van der Waals surface area (Å²) in [6.07, 6.45) is 0. The van der Waals surface area contributed by atoms with Crippen LogP contribution in [0, 0.1) is 6.92 Å². The summed E-state index contributed by atoms with van der Waals surface area (Å²) in [7, 11) is 4.14. The minimum atomic E-state index is 0.727. The Bertz CT molecular complexity index is 641. The highest BCUT2D eigenvalue weighted by molar-refractivity contribution is 7.80. The number of hydrogen-bond acceptors (Lipinski definition) is 3. The smallest absolute Gasteiger partial charge is 0.173 e. The molecule has 0 bridgehead atoms. The molecule has 0 fully saturated rings. The van der Waals surface area contributed by atoms with Crippen molar-refractivity contribution in [3.05, 3.63) is 51.2 Å². The van der Waals surface area contributed by atoms with E-state index in [0.29, 0.717) is 0 Å². The van der Waals surface area contributed by atoms with E-state index in [2.05, 4.69) is 46.7 Å². The lowest BCUT2D eigenvalue weighted by Crippen LogP contribution is -2.38. The van der Waals surface area contributed by atoms with Gasteiger partial charge in [0.25, 0.3) is 0 Å². The summed E-state index contributed by atoms with van der Waals surface area (Å²) in [4.78, 5) is 5.66. The van der Waals surface area contributed by atoms with Gasteiger partial charge in [-0.1, -0.05) is 23.7 Å². The molecular formula is C17H22ClN3S2. The summed E-state index contributed by atoms with van der Waals surface area (Å²) in [5.74, 6) is 0. The molecule has 1 aromatic carbocycles. The maximum absolute atomic E-state index is 6.19. The molecule has 6 heteroatoms. The van der Waals surface area contributed by atoms with Crippen LogP contribution in [0.3, 0.4) is 0 Å². The molecule has 0 radical (unpaired) electrons. The molecule has 0 unspecified atom stereocenters. The van der Waals surface area contributed by atoms with E-state index in [1.807, 2.05) is 25.1 Å². The number of anilines is 1. The molecule has 23 heavy (non-hydrogen) atoms. The van der Waals surface area contributed by atoms with Crippen molar-refractivity contribution in [2.24, 2.45) is 0 Å². The Kier molecular flexibility index (Phi) is 6.84. The summed E-state index contributed by atoms with van der Waals surface area (Å²) in [6.45, 7) is 4.63. The summed E-state index contributed by atoms with van der Waals surface area (Å²) in [5, 5.41) is 6.91. The van der Waals surface area contributed by atoms with Gasteiger partial charge in [0.2, 0.25) is 0 Å². The maximum atomic E-state index is 6.19. The van der Waals surface area contributed by atoms with Crippen molar-refractivity contribution in [3.63, 3.8) is 0 Å². The molecule has 0 amide bonds. The Morgan fingerprint density at radius 3 is 2.65 bits per heavy atom. The lowest BCUT2D eigenvalue weighted by Gasteiger charge is -2.27.